The molecule has 3 rings (SSSR count). The van der Waals surface area contributed by atoms with Gasteiger partial charge in [0.1, 0.15) is 0 Å². The third-order valence-corrected chi connectivity index (χ3v) is 3.59. The van der Waals surface area contributed by atoms with E-state index in [0.717, 1.165) is 4.47 Å². The summed E-state index contributed by atoms with van der Waals surface area (Å²) in [4.78, 5) is 13.8. The summed E-state index contributed by atoms with van der Waals surface area (Å²) >= 11 is 3.35. The zero-order chi connectivity index (χ0) is 15.7. The highest BCUT2D eigenvalue weighted by molar-refractivity contribution is 9.10. The van der Waals surface area contributed by atoms with Gasteiger partial charge in [-0.15, -0.1) is 10.2 Å². The van der Waals surface area contributed by atoms with E-state index in [1.165, 1.54) is 12.1 Å². The van der Waals surface area contributed by atoms with E-state index >= 15 is 0 Å². The number of fused-ring (bicyclic) bond motifs is 1. The fourth-order valence-electron chi connectivity index (χ4n) is 2.07. The Balaban J connectivity index is 2.09. The van der Waals surface area contributed by atoms with Crippen LogP contribution in [0.25, 0.3) is 10.9 Å². The molecular weight excluding hydrogens is 350 g/mol. The molecule has 2 N–H and O–H groups in total. The fourth-order valence-corrected chi connectivity index (χ4v) is 2.44. The second-order valence-electron chi connectivity index (χ2n) is 4.52. The van der Waals surface area contributed by atoms with Crippen LogP contribution in [0.2, 0.25) is 0 Å². The number of benzene rings is 2. The zero-order valence-electron chi connectivity index (χ0n) is 11.1. The number of aromatic hydroxyl groups is 1. The number of aromatic nitrogens is 1. The molecule has 6 nitrogen and oxygen atoms in total. The van der Waals surface area contributed by atoms with Gasteiger partial charge in [-0.1, -0.05) is 34.1 Å². The molecule has 0 aliphatic carbocycles. The number of halogens is 1. The van der Waals surface area contributed by atoms with Gasteiger partial charge < -0.3 is 20.0 Å². The van der Waals surface area contributed by atoms with Gasteiger partial charge in [-0.25, -0.2) is 0 Å². The third kappa shape index (κ3) is 2.58. The number of nitrogens with zero attached hydrogens (tertiary/aromatic N) is 2. The number of carboxylic acid groups (broad SMARTS) is 1. The molecular formula is C15H9BrN3O3-. The molecule has 0 amide bonds. The van der Waals surface area contributed by atoms with Gasteiger partial charge in [-0.2, -0.15) is 0 Å². The highest BCUT2D eigenvalue weighted by Crippen LogP contribution is 2.37. The van der Waals surface area contributed by atoms with Gasteiger partial charge in [0.2, 0.25) is 5.88 Å². The SMILES string of the molecule is O=C([O-])c1ccccc1N=Nc1c(O)[nH]c2ccc(Br)cc12. The van der Waals surface area contributed by atoms with Crippen molar-refractivity contribution in [3.8, 4) is 5.88 Å². The second kappa shape index (κ2) is 5.61. The number of carbonyl (C=O) groups excluding carboxylic acids is 1. The third-order valence-electron chi connectivity index (χ3n) is 3.10. The van der Waals surface area contributed by atoms with Crippen molar-refractivity contribution in [2.24, 2.45) is 10.2 Å². The Morgan fingerprint density at radius 2 is 1.95 bits per heavy atom. The topological polar surface area (TPSA) is 101 Å². The highest BCUT2D eigenvalue weighted by atomic mass is 79.9. The standard InChI is InChI=1S/C15H10BrN3O3/c16-8-5-6-11-10(7-8)13(14(20)17-11)19-18-12-4-2-1-3-9(12)15(21)22/h1-7,17,20H,(H,21,22)/p-1. The maximum atomic E-state index is 11.0. The van der Waals surface area contributed by atoms with Crippen LogP contribution in [0.3, 0.4) is 0 Å². The first kappa shape index (κ1) is 14.3. The van der Waals surface area contributed by atoms with Crippen LogP contribution in [0, 0.1) is 0 Å². The Bertz CT molecular complexity index is 902. The maximum absolute atomic E-state index is 11.0. The molecule has 0 unspecified atom stereocenters. The number of azo groups is 1. The number of aromatic amines is 1. The molecule has 0 atom stereocenters. The average molecular weight is 359 g/mol. The first-order valence-corrected chi connectivity index (χ1v) is 7.08. The van der Waals surface area contributed by atoms with Crippen molar-refractivity contribution in [3.05, 3.63) is 52.5 Å². The van der Waals surface area contributed by atoms with Crippen LogP contribution in [0.1, 0.15) is 10.4 Å². The smallest absolute Gasteiger partial charge is 0.218 e. The largest absolute Gasteiger partial charge is 0.545 e. The number of H-pyrrole nitrogens is 1. The molecule has 22 heavy (non-hydrogen) atoms. The average Bonchev–Trinajstić information content (AvgIpc) is 2.80. The Hall–Kier alpha value is -2.67. The predicted octanol–water partition coefficient (Wildman–Crippen LogP) is 3.41. The number of hydrogen-bond acceptors (Lipinski definition) is 5. The number of carboxylic acids is 1. The molecule has 0 radical (unpaired) electrons. The number of carbonyl (C=O) groups is 1. The molecule has 3 aromatic rings. The Morgan fingerprint density at radius 1 is 1.18 bits per heavy atom. The van der Waals surface area contributed by atoms with E-state index in [-0.39, 0.29) is 22.8 Å². The molecule has 0 aliphatic rings. The van der Waals surface area contributed by atoms with E-state index in [1.807, 2.05) is 6.07 Å². The van der Waals surface area contributed by atoms with E-state index in [2.05, 4.69) is 31.1 Å². The van der Waals surface area contributed by atoms with Gasteiger partial charge in [-0.05, 0) is 24.3 Å². The lowest BCUT2D eigenvalue weighted by molar-refractivity contribution is -0.254. The van der Waals surface area contributed by atoms with Crippen molar-refractivity contribution in [1.29, 1.82) is 0 Å². The minimum absolute atomic E-state index is 0.0632. The molecule has 1 aromatic heterocycles. The van der Waals surface area contributed by atoms with Gasteiger partial charge >= 0.3 is 0 Å². The lowest BCUT2D eigenvalue weighted by Gasteiger charge is -2.04. The lowest BCUT2D eigenvalue weighted by atomic mass is 10.2. The van der Waals surface area contributed by atoms with Crippen molar-refractivity contribution in [2.45, 2.75) is 0 Å². The number of rotatable bonds is 3. The molecule has 7 heteroatoms. The van der Waals surface area contributed by atoms with Gasteiger partial charge in [0, 0.05) is 15.4 Å². The Morgan fingerprint density at radius 3 is 2.73 bits per heavy atom. The molecule has 0 spiro atoms. The minimum atomic E-state index is -1.33. The number of nitrogens with one attached hydrogen (secondary N) is 1. The summed E-state index contributed by atoms with van der Waals surface area (Å²) < 4.78 is 0.825. The van der Waals surface area contributed by atoms with E-state index in [9.17, 15) is 15.0 Å². The Kier molecular flexibility index (Phi) is 3.64. The predicted molar refractivity (Wildman–Crippen MR) is 82.6 cm³/mol. The van der Waals surface area contributed by atoms with E-state index in [1.54, 1.807) is 24.3 Å². The van der Waals surface area contributed by atoms with E-state index in [0.29, 0.717) is 10.9 Å². The molecule has 0 saturated heterocycles. The van der Waals surface area contributed by atoms with Crippen LogP contribution in [-0.4, -0.2) is 16.1 Å². The first-order valence-electron chi connectivity index (χ1n) is 6.28. The van der Waals surface area contributed by atoms with E-state index < -0.39 is 5.97 Å². The first-order chi connectivity index (χ1) is 10.6. The normalized spacial score (nSPS) is 11.3. The summed E-state index contributed by atoms with van der Waals surface area (Å²) in [5.41, 5.74) is 1.03. The number of aromatic carboxylic acids is 1. The fraction of sp³-hybridized carbons (Fsp3) is 0. The molecule has 0 bridgehead atoms. The van der Waals surface area contributed by atoms with Crippen molar-refractivity contribution in [2.75, 3.05) is 0 Å². The van der Waals surface area contributed by atoms with Crippen molar-refractivity contribution < 1.29 is 15.0 Å². The van der Waals surface area contributed by atoms with Crippen molar-refractivity contribution in [3.63, 3.8) is 0 Å². The lowest BCUT2D eigenvalue weighted by Crippen LogP contribution is -2.22. The van der Waals surface area contributed by atoms with Gasteiger partial charge in [0.25, 0.3) is 0 Å². The van der Waals surface area contributed by atoms with Crippen LogP contribution in [0.4, 0.5) is 11.4 Å². The summed E-state index contributed by atoms with van der Waals surface area (Å²) in [6, 6.07) is 11.5. The summed E-state index contributed by atoms with van der Waals surface area (Å²) in [5.74, 6) is -1.47. The van der Waals surface area contributed by atoms with Crippen LogP contribution in [0.15, 0.2) is 57.2 Å². The second-order valence-corrected chi connectivity index (χ2v) is 5.43. The van der Waals surface area contributed by atoms with Crippen LogP contribution < -0.4 is 5.11 Å². The van der Waals surface area contributed by atoms with Crippen LogP contribution in [-0.2, 0) is 0 Å². The van der Waals surface area contributed by atoms with Crippen LogP contribution >= 0.6 is 15.9 Å². The summed E-state index contributed by atoms with van der Waals surface area (Å²) in [6.07, 6.45) is 0. The maximum Gasteiger partial charge on any atom is 0.218 e. The molecule has 0 fully saturated rings. The monoisotopic (exact) mass is 358 g/mol. The quantitative estimate of drug-likeness (QED) is 0.701. The Labute approximate surface area is 133 Å². The van der Waals surface area contributed by atoms with Gasteiger partial charge in [0.15, 0.2) is 5.69 Å². The molecule has 0 aliphatic heterocycles. The van der Waals surface area contributed by atoms with Crippen LogP contribution in [0.5, 0.6) is 5.88 Å². The summed E-state index contributed by atoms with van der Waals surface area (Å²) in [5, 5.41) is 29.5. The summed E-state index contributed by atoms with van der Waals surface area (Å²) in [6.45, 7) is 0. The van der Waals surface area contributed by atoms with Crippen molar-refractivity contribution >= 4 is 44.2 Å². The van der Waals surface area contributed by atoms with Crippen molar-refractivity contribution in [1.82, 2.24) is 4.98 Å². The minimum Gasteiger partial charge on any atom is -0.545 e. The molecule has 2 aromatic carbocycles. The zero-order valence-corrected chi connectivity index (χ0v) is 12.7. The molecule has 1 heterocycles. The summed E-state index contributed by atoms with van der Waals surface area (Å²) in [7, 11) is 0. The van der Waals surface area contributed by atoms with Gasteiger partial charge in [-0.3, -0.25) is 0 Å². The van der Waals surface area contributed by atoms with Gasteiger partial charge in [0.05, 0.1) is 17.2 Å². The van der Waals surface area contributed by atoms with E-state index in [4.69, 9.17) is 0 Å². The highest BCUT2D eigenvalue weighted by Gasteiger charge is 2.11. The molecule has 110 valence electrons. The number of hydrogen-bond donors (Lipinski definition) is 2. The molecule has 0 saturated carbocycles.